The van der Waals surface area contributed by atoms with Crippen LogP contribution in [0.2, 0.25) is 0 Å². The van der Waals surface area contributed by atoms with Gasteiger partial charge < -0.3 is 0 Å². The fourth-order valence-electron chi connectivity index (χ4n) is 1.04. The average Bonchev–Trinajstić information content (AvgIpc) is 1.84. The van der Waals surface area contributed by atoms with Crippen LogP contribution in [-0.2, 0) is 14.3 Å². The summed E-state index contributed by atoms with van der Waals surface area (Å²) in [6.07, 6.45) is 4.17. The van der Waals surface area contributed by atoms with E-state index in [9.17, 15) is 8.42 Å². The molecule has 0 aliphatic rings. The Morgan fingerprint density at radius 1 is 1.33 bits per heavy atom. The summed E-state index contributed by atoms with van der Waals surface area (Å²) in [5.74, 6) is 0.553. The highest BCUT2D eigenvalue weighted by Gasteiger charge is 2.04. The van der Waals surface area contributed by atoms with Gasteiger partial charge in [0.2, 0.25) is 0 Å². The lowest BCUT2D eigenvalue weighted by Crippen LogP contribution is -2.07. The Labute approximate surface area is 75.2 Å². The average molecular weight is 194 g/mol. The van der Waals surface area contributed by atoms with Gasteiger partial charge in [0.1, 0.15) is 0 Å². The van der Waals surface area contributed by atoms with E-state index in [0.717, 1.165) is 25.5 Å². The van der Waals surface area contributed by atoms with E-state index in [2.05, 4.69) is 18.0 Å². The van der Waals surface area contributed by atoms with Gasteiger partial charge >= 0.3 is 0 Å². The van der Waals surface area contributed by atoms with Crippen molar-refractivity contribution in [1.82, 2.24) is 0 Å². The van der Waals surface area contributed by atoms with Crippen molar-refractivity contribution in [2.45, 2.75) is 33.1 Å². The van der Waals surface area contributed by atoms with Gasteiger partial charge in [-0.05, 0) is 12.3 Å². The van der Waals surface area contributed by atoms with Crippen LogP contribution in [0.25, 0.3) is 0 Å². The minimum atomic E-state index is -3.23. The van der Waals surface area contributed by atoms with E-state index in [1.165, 1.54) is 0 Å². The summed E-state index contributed by atoms with van der Waals surface area (Å²) in [6, 6.07) is 0. The SMILES string of the molecule is CCCC(C)CCOS(C)(=O)=O. The first-order valence-electron chi connectivity index (χ1n) is 4.30. The van der Waals surface area contributed by atoms with Crippen LogP contribution in [0.5, 0.6) is 0 Å². The zero-order valence-electron chi connectivity index (χ0n) is 8.04. The van der Waals surface area contributed by atoms with Crippen molar-refractivity contribution < 1.29 is 12.6 Å². The molecule has 74 valence electrons. The van der Waals surface area contributed by atoms with E-state index >= 15 is 0 Å². The molecule has 1 unspecified atom stereocenters. The summed E-state index contributed by atoms with van der Waals surface area (Å²) < 4.78 is 25.7. The first-order chi connectivity index (χ1) is 5.45. The quantitative estimate of drug-likeness (QED) is 0.605. The zero-order valence-corrected chi connectivity index (χ0v) is 8.86. The molecule has 0 rings (SSSR count). The molecule has 0 aromatic rings. The second-order valence-corrected chi connectivity index (χ2v) is 4.85. The molecule has 4 heteroatoms. The number of rotatable bonds is 6. The Hall–Kier alpha value is -0.0900. The van der Waals surface area contributed by atoms with E-state index in [-0.39, 0.29) is 0 Å². The summed E-state index contributed by atoms with van der Waals surface area (Å²) in [4.78, 5) is 0. The van der Waals surface area contributed by atoms with Gasteiger partial charge in [-0.25, -0.2) is 0 Å². The molecule has 1 atom stereocenters. The molecular formula is C8H18O3S. The van der Waals surface area contributed by atoms with Gasteiger partial charge in [0.05, 0.1) is 12.9 Å². The molecule has 0 heterocycles. The maximum Gasteiger partial charge on any atom is 0.264 e. The number of hydrogen-bond donors (Lipinski definition) is 0. The molecule has 0 aromatic carbocycles. The van der Waals surface area contributed by atoms with Crippen LogP contribution in [0.3, 0.4) is 0 Å². The van der Waals surface area contributed by atoms with E-state index in [1.54, 1.807) is 0 Å². The third-order valence-electron chi connectivity index (χ3n) is 1.69. The first kappa shape index (κ1) is 11.9. The van der Waals surface area contributed by atoms with Gasteiger partial charge in [0, 0.05) is 0 Å². The third kappa shape index (κ3) is 8.01. The molecule has 0 amide bonds. The largest absolute Gasteiger partial charge is 0.270 e. The standard InChI is InChI=1S/C8H18O3S/c1-4-5-8(2)6-7-11-12(3,9)10/h8H,4-7H2,1-3H3. The Balaban J connectivity index is 3.44. The lowest BCUT2D eigenvalue weighted by atomic mass is 10.0. The molecule has 0 aliphatic carbocycles. The highest BCUT2D eigenvalue weighted by Crippen LogP contribution is 2.09. The zero-order chi connectivity index (χ0) is 9.61. The molecule has 0 aliphatic heterocycles. The molecule has 0 radical (unpaired) electrons. The van der Waals surface area contributed by atoms with Gasteiger partial charge in [0.25, 0.3) is 10.1 Å². The maximum atomic E-state index is 10.5. The lowest BCUT2D eigenvalue weighted by molar-refractivity contribution is 0.285. The van der Waals surface area contributed by atoms with Crippen LogP contribution in [0.4, 0.5) is 0 Å². The van der Waals surface area contributed by atoms with Gasteiger partial charge in [0.15, 0.2) is 0 Å². The molecular weight excluding hydrogens is 176 g/mol. The van der Waals surface area contributed by atoms with Crippen LogP contribution >= 0.6 is 0 Å². The van der Waals surface area contributed by atoms with Crippen molar-refractivity contribution in [3.8, 4) is 0 Å². The van der Waals surface area contributed by atoms with Crippen molar-refractivity contribution in [2.75, 3.05) is 12.9 Å². The van der Waals surface area contributed by atoms with Crippen LogP contribution in [-0.4, -0.2) is 21.3 Å². The monoisotopic (exact) mass is 194 g/mol. The molecule has 0 aromatic heterocycles. The summed E-state index contributed by atoms with van der Waals surface area (Å²) in [6.45, 7) is 4.54. The Morgan fingerprint density at radius 2 is 1.92 bits per heavy atom. The minimum absolute atomic E-state index is 0.319. The van der Waals surface area contributed by atoms with E-state index < -0.39 is 10.1 Å². The van der Waals surface area contributed by atoms with Gasteiger partial charge in [-0.3, -0.25) is 4.18 Å². The molecule has 12 heavy (non-hydrogen) atoms. The smallest absolute Gasteiger partial charge is 0.264 e. The predicted molar refractivity (Wildman–Crippen MR) is 49.5 cm³/mol. The van der Waals surface area contributed by atoms with Crippen LogP contribution < -0.4 is 0 Å². The Kier molecular flexibility index (Phi) is 5.50. The fraction of sp³-hybridized carbons (Fsp3) is 1.00. The van der Waals surface area contributed by atoms with E-state index in [1.807, 2.05) is 0 Å². The Bertz CT molecular complexity index is 196. The molecule has 0 spiro atoms. The molecule has 0 saturated carbocycles. The van der Waals surface area contributed by atoms with Crippen molar-refractivity contribution in [3.63, 3.8) is 0 Å². The van der Waals surface area contributed by atoms with Crippen LogP contribution in [0.1, 0.15) is 33.1 Å². The summed E-state index contributed by atoms with van der Waals surface area (Å²) in [5.41, 5.74) is 0. The molecule has 0 saturated heterocycles. The molecule has 0 bridgehead atoms. The van der Waals surface area contributed by atoms with Crippen molar-refractivity contribution in [2.24, 2.45) is 5.92 Å². The third-order valence-corrected chi connectivity index (χ3v) is 2.28. The Morgan fingerprint density at radius 3 is 2.33 bits per heavy atom. The number of hydrogen-bond acceptors (Lipinski definition) is 3. The molecule has 3 nitrogen and oxygen atoms in total. The first-order valence-corrected chi connectivity index (χ1v) is 6.11. The van der Waals surface area contributed by atoms with Crippen LogP contribution in [0.15, 0.2) is 0 Å². The summed E-state index contributed by atoms with van der Waals surface area (Å²) in [7, 11) is -3.23. The molecule has 0 fully saturated rings. The summed E-state index contributed by atoms with van der Waals surface area (Å²) >= 11 is 0. The van der Waals surface area contributed by atoms with Crippen LogP contribution in [0, 0.1) is 5.92 Å². The van der Waals surface area contributed by atoms with E-state index in [0.29, 0.717) is 12.5 Å². The second kappa shape index (κ2) is 5.54. The van der Waals surface area contributed by atoms with Gasteiger partial charge in [-0.2, -0.15) is 8.42 Å². The van der Waals surface area contributed by atoms with Crippen molar-refractivity contribution in [1.29, 1.82) is 0 Å². The maximum absolute atomic E-state index is 10.5. The summed E-state index contributed by atoms with van der Waals surface area (Å²) in [5, 5.41) is 0. The topological polar surface area (TPSA) is 43.4 Å². The van der Waals surface area contributed by atoms with Crippen molar-refractivity contribution in [3.05, 3.63) is 0 Å². The second-order valence-electron chi connectivity index (χ2n) is 3.21. The predicted octanol–water partition coefficient (Wildman–Crippen LogP) is 1.79. The van der Waals surface area contributed by atoms with E-state index in [4.69, 9.17) is 0 Å². The van der Waals surface area contributed by atoms with Gasteiger partial charge in [-0.1, -0.05) is 26.7 Å². The highest BCUT2D eigenvalue weighted by atomic mass is 32.2. The highest BCUT2D eigenvalue weighted by molar-refractivity contribution is 7.85. The van der Waals surface area contributed by atoms with Crippen molar-refractivity contribution >= 4 is 10.1 Å². The lowest BCUT2D eigenvalue weighted by Gasteiger charge is -2.08. The fourth-order valence-corrected chi connectivity index (χ4v) is 1.44. The normalized spacial score (nSPS) is 14.6. The molecule has 0 N–H and O–H groups in total. The minimum Gasteiger partial charge on any atom is -0.270 e. The van der Waals surface area contributed by atoms with Gasteiger partial charge in [-0.15, -0.1) is 0 Å².